The van der Waals surface area contributed by atoms with Crippen molar-refractivity contribution >= 4 is 50.7 Å². The molecule has 0 radical (unpaired) electrons. The summed E-state index contributed by atoms with van der Waals surface area (Å²) in [7, 11) is 0. The molecule has 1 atom stereocenters. The summed E-state index contributed by atoms with van der Waals surface area (Å²) >= 11 is 7.48. The van der Waals surface area contributed by atoms with Crippen molar-refractivity contribution in [2.24, 2.45) is 0 Å². The lowest BCUT2D eigenvalue weighted by molar-refractivity contribution is -0.134. The van der Waals surface area contributed by atoms with Crippen LogP contribution in [0.15, 0.2) is 24.3 Å². The summed E-state index contributed by atoms with van der Waals surface area (Å²) in [6, 6.07) is 7.40. The van der Waals surface area contributed by atoms with Gasteiger partial charge in [0.1, 0.15) is 11.0 Å². The van der Waals surface area contributed by atoms with Crippen LogP contribution in [0.25, 0.3) is 10.1 Å². The molecular formula is C16H16ClN3O4S. The van der Waals surface area contributed by atoms with E-state index in [4.69, 9.17) is 16.3 Å². The fourth-order valence-corrected chi connectivity index (χ4v) is 3.87. The lowest BCUT2D eigenvalue weighted by Gasteiger charge is -2.11. The molecule has 3 rings (SSSR count). The monoisotopic (exact) mass is 381 g/mol. The van der Waals surface area contributed by atoms with Gasteiger partial charge in [0.25, 0.3) is 17.7 Å². The summed E-state index contributed by atoms with van der Waals surface area (Å²) < 4.78 is 6.09. The van der Waals surface area contributed by atoms with Crippen molar-refractivity contribution in [1.82, 2.24) is 16.2 Å². The molecule has 0 bridgehead atoms. The first kappa shape index (κ1) is 17.7. The molecule has 0 unspecified atom stereocenters. The van der Waals surface area contributed by atoms with Crippen molar-refractivity contribution in [2.75, 3.05) is 13.2 Å². The van der Waals surface area contributed by atoms with E-state index in [2.05, 4.69) is 16.2 Å². The van der Waals surface area contributed by atoms with Crippen molar-refractivity contribution in [1.29, 1.82) is 0 Å². The third-order valence-electron chi connectivity index (χ3n) is 3.70. The van der Waals surface area contributed by atoms with Gasteiger partial charge in [-0.3, -0.25) is 25.2 Å². The van der Waals surface area contributed by atoms with Crippen molar-refractivity contribution in [3.8, 4) is 0 Å². The van der Waals surface area contributed by atoms with Gasteiger partial charge >= 0.3 is 0 Å². The minimum atomic E-state index is -0.545. The van der Waals surface area contributed by atoms with Crippen LogP contribution >= 0.6 is 22.9 Å². The Morgan fingerprint density at radius 2 is 2.04 bits per heavy atom. The number of hydrogen-bond donors (Lipinski definition) is 3. The molecule has 0 spiro atoms. The fourth-order valence-electron chi connectivity index (χ4n) is 2.44. The summed E-state index contributed by atoms with van der Waals surface area (Å²) in [4.78, 5) is 36.0. The quantitative estimate of drug-likeness (QED) is 0.701. The Kier molecular flexibility index (Phi) is 5.52. The van der Waals surface area contributed by atoms with Gasteiger partial charge in [-0.1, -0.05) is 29.8 Å². The zero-order valence-corrected chi connectivity index (χ0v) is 14.7. The van der Waals surface area contributed by atoms with Gasteiger partial charge in [-0.15, -0.1) is 11.3 Å². The van der Waals surface area contributed by atoms with E-state index in [1.54, 1.807) is 0 Å². The minimum absolute atomic E-state index is 0.283. The van der Waals surface area contributed by atoms with E-state index in [1.807, 2.05) is 24.3 Å². The lowest BCUT2D eigenvalue weighted by atomic mass is 10.2. The molecule has 3 amide bonds. The average Bonchev–Trinajstić information content (AvgIpc) is 3.26. The van der Waals surface area contributed by atoms with Crippen LogP contribution in [-0.2, 0) is 14.3 Å². The van der Waals surface area contributed by atoms with Crippen LogP contribution in [0.1, 0.15) is 22.5 Å². The highest BCUT2D eigenvalue weighted by molar-refractivity contribution is 7.21. The molecule has 25 heavy (non-hydrogen) atoms. The highest BCUT2D eigenvalue weighted by atomic mass is 35.5. The van der Waals surface area contributed by atoms with Crippen molar-refractivity contribution in [2.45, 2.75) is 18.9 Å². The van der Waals surface area contributed by atoms with Gasteiger partial charge in [0.05, 0.1) is 11.6 Å². The zero-order valence-electron chi connectivity index (χ0n) is 13.1. The molecule has 1 aliphatic heterocycles. The van der Waals surface area contributed by atoms with Gasteiger partial charge in [-0.2, -0.15) is 0 Å². The number of halogens is 1. The molecule has 2 heterocycles. The van der Waals surface area contributed by atoms with Crippen LogP contribution in [0, 0.1) is 0 Å². The maximum atomic E-state index is 12.2. The number of hydrogen-bond acceptors (Lipinski definition) is 5. The van der Waals surface area contributed by atoms with E-state index in [0.717, 1.165) is 16.5 Å². The van der Waals surface area contributed by atoms with Crippen LogP contribution in [0.2, 0.25) is 5.02 Å². The Balaban J connectivity index is 1.50. The number of amides is 3. The first-order valence-electron chi connectivity index (χ1n) is 7.72. The zero-order chi connectivity index (χ0) is 17.8. The normalized spacial score (nSPS) is 16.6. The molecule has 1 fully saturated rings. The second kappa shape index (κ2) is 7.81. The van der Waals surface area contributed by atoms with Crippen LogP contribution in [0.3, 0.4) is 0 Å². The fraction of sp³-hybridized carbons (Fsp3) is 0.312. The van der Waals surface area contributed by atoms with Crippen LogP contribution in [0.5, 0.6) is 0 Å². The van der Waals surface area contributed by atoms with Gasteiger partial charge in [-0.05, 0) is 18.9 Å². The van der Waals surface area contributed by atoms with E-state index in [0.29, 0.717) is 22.9 Å². The van der Waals surface area contributed by atoms with E-state index in [9.17, 15) is 14.4 Å². The van der Waals surface area contributed by atoms with Gasteiger partial charge in [-0.25, -0.2) is 0 Å². The highest BCUT2D eigenvalue weighted by Gasteiger charge is 2.24. The molecule has 3 N–H and O–H groups in total. The molecule has 7 nitrogen and oxygen atoms in total. The average molecular weight is 382 g/mol. The van der Waals surface area contributed by atoms with Gasteiger partial charge in [0.2, 0.25) is 0 Å². The predicted molar refractivity (Wildman–Crippen MR) is 94.4 cm³/mol. The predicted octanol–water partition coefficient (Wildman–Crippen LogP) is 1.61. The summed E-state index contributed by atoms with van der Waals surface area (Å²) in [5, 5.41) is 3.65. The molecular weight excluding hydrogens is 366 g/mol. The molecule has 1 aromatic carbocycles. The number of benzene rings is 1. The second-order valence-corrected chi connectivity index (χ2v) is 6.89. The SMILES string of the molecule is O=C(CNC(=O)c1sc2ccccc2c1Cl)NNC(=O)[C@H]1CCCO1. The number of thiophene rings is 1. The summed E-state index contributed by atoms with van der Waals surface area (Å²) in [6.07, 6.45) is 0.910. The van der Waals surface area contributed by atoms with Crippen molar-refractivity contribution < 1.29 is 19.1 Å². The number of hydrazine groups is 1. The van der Waals surface area contributed by atoms with Gasteiger partial charge in [0, 0.05) is 16.7 Å². The third-order valence-corrected chi connectivity index (χ3v) is 5.37. The Hall–Kier alpha value is -2.16. The molecule has 1 saturated heterocycles. The number of rotatable bonds is 4. The highest BCUT2D eigenvalue weighted by Crippen LogP contribution is 2.34. The molecule has 132 valence electrons. The van der Waals surface area contributed by atoms with Crippen LogP contribution in [0.4, 0.5) is 0 Å². The largest absolute Gasteiger partial charge is 0.368 e. The number of fused-ring (bicyclic) bond motifs is 1. The van der Waals surface area contributed by atoms with Crippen LogP contribution in [-0.4, -0.2) is 37.0 Å². The molecule has 1 aromatic heterocycles. The molecule has 0 aliphatic carbocycles. The number of ether oxygens (including phenoxy) is 1. The van der Waals surface area contributed by atoms with E-state index < -0.39 is 23.8 Å². The molecule has 1 aliphatic rings. The summed E-state index contributed by atoms with van der Waals surface area (Å²) in [6.45, 7) is 0.257. The van der Waals surface area contributed by atoms with Gasteiger partial charge in [0.15, 0.2) is 0 Å². The lowest BCUT2D eigenvalue weighted by Crippen LogP contribution is -2.49. The summed E-state index contributed by atoms with van der Waals surface area (Å²) in [5.74, 6) is -1.38. The molecule has 0 saturated carbocycles. The first-order valence-corrected chi connectivity index (χ1v) is 8.91. The maximum Gasteiger partial charge on any atom is 0.267 e. The molecule has 2 aromatic rings. The Morgan fingerprint density at radius 3 is 2.76 bits per heavy atom. The maximum absolute atomic E-state index is 12.2. The van der Waals surface area contributed by atoms with Crippen LogP contribution < -0.4 is 16.2 Å². The third kappa shape index (κ3) is 4.09. The smallest absolute Gasteiger partial charge is 0.267 e. The Labute approximate surface area is 152 Å². The standard InChI is InChI=1S/C16H16ClN3O4S/c17-13-9-4-1-2-6-11(9)25-14(13)16(23)18-8-12(21)19-20-15(22)10-5-3-7-24-10/h1-2,4,6,10H,3,5,7-8H2,(H,18,23)(H,19,21)(H,20,22)/t10-/m1/s1. The topological polar surface area (TPSA) is 96.5 Å². The van der Waals surface area contributed by atoms with Crippen molar-refractivity contribution in [3.05, 3.63) is 34.2 Å². The van der Waals surface area contributed by atoms with E-state index in [1.165, 1.54) is 11.3 Å². The molecule has 9 heteroatoms. The summed E-state index contributed by atoms with van der Waals surface area (Å²) in [5.41, 5.74) is 4.53. The minimum Gasteiger partial charge on any atom is -0.368 e. The number of carbonyl (C=O) groups excluding carboxylic acids is 3. The van der Waals surface area contributed by atoms with Crippen molar-refractivity contribution in [3.63, 3.8) is 0 Å². The Morgan fingerprint density at radius 1 is 1.24 bits per heavy atom. The second-order valence-electron chi connectivity index (χ2n) is 5.46. The first-order chi connectivity index (χ1) is 12.1. The van der Waals surface area contributed by atoms with E-state index >= 15 is 0 Å². The number of carbonyl (C=O) groups is 3. The Bertz CT molecular complexity index is 817. The number of nitrogens with one attached hydrogen (secondary N) is 3. The van der Waals surface area contributed by atoms with E-state index in [-0.39, 0.29) is 6.54 Å². The van der Waals surface area contributed by atoms with Gasteiger partial charge < -0.3 is 10.1 Å².